The van der Waals surface area contributed by atoms with Gasteiger partial charge in [-0.05, 0) is 39.5 Å². The first-order valence-electron chi connectivity index (χ1n) is 7.41. The minimum Gasteiger partial charge on any atom is -0.358 e. The summed E-state index contributed by atoms with van der Waals surface area (Å²) in [4.78, 5) is 2.01. The zero-order valence-corrected chi connectivity index (χ0v) is 15.7. The van der Waals surface area contributed by atoms with Crippen LogP contribution in [0.2, 0.25) is 0 Å². The van der Waals surface area contributed by atoms with Gasteiger partial charge >= 0.3 is 0 Å². The lowest BCUT2D eigenvalue weighted by Crippen LogP contribution is -2.40. The molecule has 2 nitrogen and oxygen atoms in total. The summed E-state index contributed by atoms with van der Waals surface area (Å²) in [6, 6.07) is 1.26. The quantitative estimate of drug-likeness (QED) is 0.565. The van der Waals surface area contributed by atoms with Gasteiger partial charge in [0.1, 0.15) is 4.32 Å². The zero-order valence-electron chi connectivity index (χ0n) is 14.0. The number of hydrogen-bond acceptors (Lipinski definition) is 2. The molecule has 0 aliphatic rings. The Morgan fingerprint density at radius 1 is 0.947 bits per heavy atom. The summed E-state index contributed by atoms with van der Waals surface area (Å²) in [5, 5.41) is 3.58. The summed E-state index contributed by atoms with van der Waals surface area (Å²) in [7, 11) is 0. The van der Waals surface area contributed by atoms with Crippen molar-refractivity contribution in [3.63, 3.8) is 0 Å². The van der Waals surface area contributed by atoms with E-state index >= 15 is 0 Å². The van der Waals surface area contributed by atoms with Crippen molar-refractivity contribution < 1.29 is 0 Å². The predicted molar refractivity (Wildman–Crippen MR) is 96.2 cm³/mol. The standard InChI is InChI=1S/C10H23N.C5H11NS2/c1-7(2)9(5)11-10(6)8(3)4;1-3-6(4-2)5(7)8/h7-11H,1-6H3;3-4H2,1-2H3,(H,7,8). The Kier molecular flexibility index (Phi) is 13.6. The highest BCUT2D eigenvalue weighted by molar-refractivity contribution is 8.10. The van der Waals surface area contributed by atoms with Crippen LogP contribution in [0.15, 0.2) is 0 Å². The lowest BCUT2D eigenvalue weighted by Gasteiger charge is -2.25. The van der Waals surface area contributed by atoms with Crippen LogP contribution in [0.5, 0.6) is 0 Å². The van der Waals surface area contributed by atoms with Crippen LogP contribution in [-0.2, 0) is 0 Å². The van der Waals surface area contributed by atoms with E-state index in [0.29, 0.717) is 16.4 Å². The van der Waals surface area contributed by atoms with Crippen LogP contribution in [0.4, 0.5) is 0 Å². The van der Waals surface area contributed by atoms with E-state index in [1.807, 2.05) is 4.90 Å². The van der Waals surface area contributed by atoms with Gasteiger partial charge in [0.2, 0.25) is 0 Å². The lowest BCUT2D eigenvalue weighted by molar-refractivity contribution is 0.335. The lowest BCUT2D eigenvalue weighted by atomic mass is 10.0. The molecule has 0 aliphatic carbocycles. The molecule has 0 saturated carbocycles. The van der Waals surface area contributed by atoms with Crippen LogP contribution >= 0.6 is 24.8 Å². The second kappa shape index (κ2) is 12.0. The molecule has 0 heterocycles. The van der Waals surface area contributed by atoms with Gasteiger partial charge in [0.25, 0.3) is 0 Å². The fourth-order valence-electron chi connectivity index (χ4n) is 1.29. The molecule has 0 aromatic heterocycles. The highest BCUT2D eigenvalue weighted by Crippen LogP contribution is 2.06. The minimum atomic E-state index is 0.632. The molecule has 0 amide bonds. The molecule has 19 heavy (non-hydrogen) atoms. The van der Waals surface area contributed by atoms with E-state index in [-0.39, 0.29) is 0 Å². The number of nitrogens with one attached hydrogen (secondary N) is 1. The Morgan fingerprint density at radius 2 is 1.26 bits per heavy atom. The van der Waals surface area contributed by atoms with E-state index in [2.05, 4.69) is 73.3 Å². The normalized spacial score (nSPS) is 13.8. The maximum atomic E-state index is 4.81. The van der Waals surface area contributed by atoms with E-state index in [4.69, 9.17) is 12.2 Å². The SMILES string of the molecule is CC(C)C(C)NC(C)C(C)C.CCN(CC)C(=S)S. The van der Waals surface area contributed by atoms with E-state index in [1.54, 1.807) is 0 Å². The van der Waals surface area contributed by atoms with Crippen molar-refractivity contribution in [1.82, 2.24) is 10.2 Å². The number of hydrogen-bond donors (Lipinski definition) is 2. The van der Waals surface area contributed by atoms with E-state index in [0.717, 1.165) is 24.9 Å². The Morgan fingerprint density at radius 3 is 1.37 bits per heavy atom. The Labute approximate surface area is 132 Å². The maximum absolute atomic E-state index is 4.81. The van der Waals surface area contributed by atoms with Gasteiger partial charge in [0, 0.05) is 25.2 Å². The first-order chi connectivity index (χ1) is 8.67. The van der Waals surface area contributed by atoms with Gasteiger partial charge in [-0.2, -0.15) is 0 Å². The number of nitrogens with zero attached hydrogens (tertiary/aromatic N) is 1. The molecular formula is C15H34N2S2. The third-order valence-electron chi connectivity index (χ3n) is 3.56. The van der Waals surface area contributed by atoms with Gasteiger partial charge in [-0.15, -0.1) is 12.6 Å². The summed E-state index contributed by atoms with van der Waals surface area (Å²) < 4.78 is 0.690. The average molecular weight is 307 g/mol. The molecule has 116 valence electrons. The summed E-state index contributed by atoms with van der Waals surface area (Å²) in [6.45, 7) is 19.6. The van der Waals surface area contributed by atoms with Gasteiger partial charge in [-0.1, -0.05) is 39.9 Å². The molecule has 0 saturated heterocycles. The third kappa shape index (κ3) is 11.7. The van der Waals surface area contributed by atoms with E-state index in [9.17, 15) is 0 Å². The Balaban J connectivity index is 0. The second-order valence-corrected chi connectivity index (χ2v) is 6.80. The number of thiol groups is 1. The molecule has 2 atom stereocenters. The molecule has 0 fully saturated rings. The first kappa shape index (κ1) is 21.5. The highest BCUT2D eigenvalue weighted by atomic mass is 32.1. The largest absolute Gasteiger partial charge is 0.358 e. The second-order valence-electron chi connectivity index (χ2n) is 5.69. The third-order valence-corrected chi connectivity index (χ3v) is 4.10. The fourth-order valence-corrected chi connectivity index (χ4v) is 1.83. The molecule has 0 aliphatic heterocycles. The summed E-state index contributed by atoms with van der Waals surface area (Å²) in [5.74, 6) is 1.47. The van der Waals surface area contributed by atoms with E-state index in [1.165, 1.54) is 0 Å². The minimum absolute atomic E-state index is 0.632. The number of thiocarbonyl (C=S) groups is 1. The van der Waals surface area contributed by atoms with Gasteiger partial charge in [-0.25, -0.2) is 0 Å². The van der Waals surface area contributed by atoms with Crippen LogP contribution in [0.3, 0.4) is 0 Å². The van der Waals surface area contributed by atoms with Crippen LogP contribution in [0.1, 0.15) is 55.4 Å². The van der Waals surface area contributed by atoms with Crippen molar-refractivity contribution in [2.45, 2.75) is 67.5 Å². The summed E-state index contributed by atoms with van der Waals surface area (Å²) in [6.07, 6.45) is 0. The Bertz CT molecular complexity index is 214. The molecule has 0 aromatic rings. The highest BCUT2D eigenvalue weighted by Gasteiger charge is 2.12. The molecule has 0 spiro atoms. The van der Waals surface area contributed by atoms with Gasteiger partial charge in [0.05, 0.1) is 0 Å². The number of rotatable bonds is 6. The Hall–Kier alpha value is 0.200. The average Bonchev–Trinajstić information content (AvgIpc) is 2.30. The van der Waals surface area contributed by atoms with Crippen LogP contribution in [-0.4, -0.2) is 34.4 Å². The summed E-state index contributed by atoms with van der Waals surface area (Å²) >= 11 is 8.82. The van der Waals surface area contributed by atoms with Crippen molar-refractivity contribution >= 4 is 29.2 Å². The van der Waals surface area contributed by atoms with E-state index < -0.39 is 0 Å². The predicted octanol–water partition coefficient (Wildman–Crippen LogP) is 4.21. The first-order valence-corrected chi connectivity index (χ1v) is 8.26. The van der Waals surface area contributed by atoms with Gasteiger partial charge in [0.15, 0.2) is 0 Å². The maximum Gasteiger partial charge on any atom is 0.133 e. The van der Waals surface area contributed by atoms with Crippen LogP contribution in [0, 0.1) is 11.8 Å². The van der Waals surface area contributed by atoms with Crippen molar-refractivity contribution in [3.8, 4) is 0 Å². The van der Waals surface area contributed by atoms with Crippen molar-refractivity contribution in [1.29, 1.82) is 0 Å². The monoisotopic (exact) mass is 306 g/mol. The molecule has 0 bridgehead atoms. The molecule has 0 rings (SSSR count). The summed E-state index contributed by atoms with van der Waals surface area (Å²) in [5.41, 5.74) is 0. The fraction of sp³-hybridized carbons (Fsp3) is 0.933. The smallest absolute Gasteiger partial charge is 0.133 e. The van der Waals surface area contributed by atoms with Crippen molar-refractivity contribution in [2.75, 3.05) is 13.1 Å². The molecule has 0 radical (unpaired) electrons. The topological polar surface area (TPSA) is 15.3 Å². The van der Waals surface area contributed by atoms with Gasteiger partial charge in [-0.3, -0.25) is 0 Å². The molecule has 1 N–H and O–H groups in total. The molecule has 4 heteroatoms. The van der Waals surface area contributed by atoms with Crippen molar-refractivity contribution in [2.24, 2.45) is 11.8 Å². The van der Waals surface area contributed by atoms with Crippen molar-refractivity contribution in [3.05, 3.63) is 0 Å². The van der Waals surface area contributed by atoms with Crippen LogP contribution < -0.4 is 5.32 Å². The van der Waals surface area contributed by atoms with Gasteiger partial charge < -0.3 is 10.2 Å². The molecule has 0 aromatic carbocycles. The zero-order chi connectivity index (χ0) is 15.6. The molecular weight excluding hydrogens is 272 g/mol. The van der Waals surface area contributed by atoms with Crippen LogP contribution in [0.25, 0.3) is 0 Å². The molecule has 2 unspecified atom stereocenters.